The maximum atomic E-state index is 14.4. The van der Waals surface area contributed by atoms with E-state index in [4.69, 9.17) is 9.47 Å². The van der Waals surface area contributed by atoms with Gasteiger partial charge in [0.25, 0.3) is 5.91 Å². The molecule has 0 fully saturated rings. The Balaban J connectivity index is 1.44. The molecule has 4 aromatic rings. The topological polar surface area (TPSA) is 60.8 Å². The van der Waals surface area contributed by atoms with Crippen LogP contribution in [0.25, 0.3) is 10.9 Å². The number of amides is 1. The van der Waals surface area contributed by atoms with Crippen LogP contribution in [-0.4, -0.2) is 28.5 Å². The summed E-state index contributed by atoms with van der Waals surface area (Å²) < 4.78 is 42.0. The molecule has 1 aromatic heterocycles. The smallest absolute Gasteiger partial charge is 0.259 e. The van der Waals surface area contributed by atoms with Crippen LogP contribution in [0.5, 0.6) is 11.5 Å². The van der Waals surface area contributed by atoms with Crippen molar-refractivity contribution in [2.75, 3.05) is 13.2 Å². The highest BCUT2D eigenvalue weighted by Crippen LogP contribution is 2.35. The van der Waals surface area contributed by atoms with E-state index in [9.17, 15) is 18.4 Å². The summed E-state index contributed by atoms with van der Waals surface area (Å²) in [7, 11) is 0. The van der Waals surface area contributed by atoms with Gasteiger partial charge in [-0.05, 0) is 68.5 Å². The highest BCUT2D eigenvalue weighted by atomic mass is 19.2. The lowest BCUT2D eigenvalue weighted by atomic mass is 10.0. The van der Waals surface area contributed by atoms with Gasteiger partial charge in [-0.15, -0.1) is 0 Å². The Morgan fingerprint density at radius 1 is 1.10 bits per heavy atom. The number of aromatic nitrogens is 1. The molecule has 0 unspecified atom stereocenters. The van der Waals surface area contributed by atoms with E-state index in [0.717, 1.165) is 39.6 Å². The van der Waals surface area contributed by atoms with Crippen LogP contribution in [0.2, 0.25) is 0 Å². The fourth-order valence-corrected chi connectivity index (χ4v) is 5.34. The molecule has 6 nitrogen and oxygen atoms in total. The van der Waals surface area contributed by atoms with Crippen LogP contribution in [0.3, 0.4) is 0 Å². The first kappa shape index (κ1) is 27.4. The molecule has 0 aliphatic carbocycles. The second kappa shape index (κ2) is 10.8. The van der Waals surface area contributed by atoms with Crippen molar-refractivity contribution in [3.8, 4) is 11.5 Å². The highest BCUT2D eigenvalue weighted by Gasteiger charge is 2.29. The summed E-state index contributed by atoms with van der Waals surface area (Å²) in [6.07, 6.45) is 1.45. The zero-order valence-corrected chi connectivity index (χ0v) is 23.3. The molecule has 208 valence electrons. The van der Waals surface area contributed by atoms with Crippen LogP contribution in [0.15, 0.2) is 53.5 Å². The largest absolute Gasteiger partial charge is 0.488 e. The Hall–Kier alpha value is -4.20. The average Bonchev–Trinajstić information content (AvgIpc) is 2.92. The minimum Gasteiger partial charge on any atom is -0.488 e. The van der Waals surface area contributed by atoms with E-state index in [1.807, 2.05) is 58.0 Å². The first-order valence-electron chi connectivity index (χ1n) is 13.4. The number of halogens is 2. The first-order chi connectivity index (χ1) is 19.1. The molecule has 3 aromatic carbocycles. The van der Waals surface area contributed by atoms with Crippen LogP contribution in [0, 0.1) is 32.4 Å². The van der Waals surface area contributed by atoms with Crippen molar-refractivity contribution in [1.82, 2.24) is 9.47 Å². The maximum absolute atomic E-state index is 14.4. The van der Waals surface area contributed by atoms with E-state index in [1.54, 1.807) is 9.47 Å². The first-order valence-corrected chi connectivity index (χ1v) is 13.4. The lowest BCUT2D eigenvalue weighted by Gasteiger charge is -2.28. The number of rotatable bonds is 7. The van der Waals surface area contributed by atoms with Gasteiger partial charge in [0.2, 0.25) is 11.2 Å². The van der Waals surface area contributed by atoms with Gasteiger partial charge >= 0.3 is 0 Å². The molecule has 0 spiro atoms. The minimum atomic E-state index is -1.19. The van der Waals surface area contributed by atoms with Crippen LogP contribution in [0.1, 0.15) is 58.1 Å². The molecule has 0 saturated heterocycles. The van der Waals surface area contributed by atoms with Gasteiger partial charge in [0.1, 0.15) is 24.5 Å². The molecule has 40 heavy (non-hydrogen) atoms. The molecule has 5 rings (SSSR count). The lowest BCUT2D eigenvalue weighted by Crippen LogP contribution is -2.35. The summed E-state index contributed by atoms with van der Waals surface area (Å²) in [6.45, 7) is 10.8. The van der Waals surface area contributed by atoms with Crippen molar-refractivity contribution < 1.29 is 23.0 Å². The van der Waals surface area contributed by atoms with E-state index in [1.165, 1.54) is 6.20 Å². The fraction of sp³-hybridized carbons (Fsp3) is 0.312. The number of benzene rings is 3. The maximum Gasteiger partial charge on any atom is 0.259 e. The van der Waals surface area contributed by atoms with Gasteiger partial charge < -0.3 is 18.9 Å². The molecule has 1 aliphatic heterocycles. The number of nitrogens with zero attached hydrogens (tertiary/aromatic N) is 2. The second-order valence-corrected chi connectivity index (χ2v) is 10.4. The van der Waals surface area contributed by atoms with Crippen LogP contribution >= 0.6 is 0 Å². The number of pyridine rings is 1. The van der Waals surface area contributed by atoms with Crippen LogP contribution < -0.4 is 14.9 Å². The molecule has 0 bridgehead atoms. The average molecular weight is 547 g/mol. The molecule has 1 amide bonds. The van der Waals surface area contributed by atoms with Crippen molar-refractivity contribution in [2.45, 2.75) is 53.8 Å². The molecule has 1 aliphatic rings. The minimum absolute atomic E-state index is 0.0794. The molecule has 0 radical (unpaired) electrons. The highest BCUT2D eigenvalue weighted by molar-refractivity contribution is 5.98. The van der Waals surface area contributed by atoms with Crippen molar-refractivity contribution >= 4 is 16.8 Å². The van der Waals surface area contributed by atoms with Gasteiger partial charge in [0.15, 0.2) is 11.6 Å². The predicted molar refractivity (Wildman–Crippen MR) is 150 cm³/mol. The molecule has 2 heterocycles. The molecule has 1 atom stereocenters. The number of hydrogen-bond donors (Lipinski definition) is 0. The van der Waals surface area contributed by atoms with E-state index in [0.29, 0.717) is 13.2 Å². The van der Waals surface area contributed by atoms with Gasteiger partial charge in [-0.1, -0.05) is 36.4 Å². The second-order valence-electron chi connectivity index (χ2n) is 10.4. The monoisotopic (exact) mass is 546 g/mol. The Morgan fingerprint density at radius 2 is 1.80 bits per heavy atom. The van der Waals surface area contributed by atoms with Gasteiger partial charge in [0.05, 0.1) is 16.9 Å². The Bertz CT molecular complexity index is 1670. The number of hydrogen-bond acceptors (Lipinski definition) is 4. The van der Waals surface area contributed by atoms with Crippen molar-refractivity contribution in [1.29, 1.82) is 0 Å². The molecule has 8 heteroatoms. The predicted octanol–water partition coefficient (Wildman–Crippen LogP) is 6.40. The Kier molecular flexibility index (Phi) is 7.36. The number of aryl methyl sites for hydroxylation is 3. The fourth-order valence-electron chi connectivity index (χ4n) is 5.34. The Labute approximate surface area is 231 Å². The summed E-state index contributed by atoms with van der Waals surface area (Å²) in [5.41, 5.74) is 4.48. The SMILES string of the molecule is CCN(Cc1cc(C)c(OCc2ccccc2C)c(C)c1)C(=O)c1cn2c3c(c(F)c(F)cc3c1=O)OC[C@@H]2C. The normalized spacial score (nSPS) is 14.2. The van der Waals surface area contributed by atoms with E-state index < -0.39 is 23.0 Å². The number of ether oxygens (including phenoxy) is 2. The molecular weight excluding hydrogens is 514 g/mol. The van der Waals surface area contributed by atoms with E-state index in [-0.39, 0.29) is 41.4 Å². The van der Waals surface area contributed by atoms with Crippen molar-refractivity contribution in [3.05, 3.63) is 104 Å². The van der Waals surface area contributed by atoms with Gasteiger partial charge in [-0.25, -0.2) is 4.39 Å². The van der Waals surface area contributed by atoms with Gasteiger partial charge in [0, 0.05) is 19.3 Å². The lowest BCUT2D eigenvalue weighted by molar-refractivity contribution is 0.0750. The van der Waals surface area contributed by atoms with Gasteiger partial charge in [-0.2, -0.15) is 4.39 Å². The van der Waals surface area contributed by atoms with Crippen LogP contribution in [0.4, 0.5) is 8.78 Å². The standard InChI is InChI=1S/C32H32F2N2O4/c1-6-35(14-22-11-19(3)30(20(4)12-22)40-17-23-10-8-7-9-18(23)2)32(38)25-15-36-21(5)16-39-31-27(34)26(33)13-24(28(31)36)29(25)37/h7-13,15,21H,6,14,16-17H2,1-5H3/t21-/m0/s1. The summed E-state index contributed by atoms with van der Waals surface area (Å²) in [5.74, 6) is -2.30. The Morgan fingerprint density at radius 3 is 2.48 bits per heavy atom. The van der Waals surface area contributed by atoms with E-state index in [2.05, 4.69) is 13.0 Å². The van der Waals surface area contributed by atoms with Crippen molar-refractivity contribution in [3.63, 3.8) is 0 Å². The quantitative estimate of drug-likeness (QED) is 0.269. The third-order valence-corrected chi connectivity index (χ3v) is 7.54. The summed E-state index contributed by atoms with van der Waals surface area (Å²) >= 11 is 0. The molecule has 0 saturated carbocycles. The third-order valence-electron chi connectivity index (χ3n) is 7.54. The van der Waals surface area contributed by atoms with Gasteiger partial charge in [-0.3, -0.25) is 9.59 Å². The number of carbonyl (C=O) groups is 1. The summed E-state index contributed by atoms with van der Waals surface area (Å²) in [4.78, 5) is 28.7. The summed E-state index contributed by atoms with van der Waals surface area (Å²) in [5, 5.41) is -0.0794. The zero-order valence-electron chi connectivity index (χ0n) is 23.3. The van der Waals surface area contributed by atoms with Crippen molar-refractivity contribution in [2.24, 2.45) is 0 Å². The zero-order chi connectivity index (χ0) is 28.7. The molecule has 0 N–H and O–H groups in total. The van der Waals surface area contributed by atoms with E-state index >= 15 is 0 Å². The number of carbonyl (C=O) groups excluding carboxylic acids is 1. The van der Waals surface area contributed by atoms with Crippen LogP contribution in [-0.2, 0) is 13.2 Å². The molecular formula is C32H32F2N2O4. The summed E-state index contributed by atoms with van der Waals surface area (Å²) in [6, 6.07) is 12.6. The third kappa shape index (κ3) is 4.83.